The second-order valence-electron chi connectivity index (χ2n) is 7.04. The molecule has 2 aromatic heterocycles. The zero-order valence-electron chi connectivity index (χ0n) is 14.4. The normalized spacial score (nSPS) is 19.4. The Bertz CT molecular complexity index is 683. The average Bonchev–Trinajstić information content (AvgIpc) is 3.17. The van der Waals surface area contributed by atoms with Crippen LogP contribution in [-0.4, -0.2) is 46.5 Å². The van der Waals surface area contributed by atoms with E-state index in [1.165, 1.54) is 12.8 Å². The number of nitrogens with one attached hydrogen (secondary N) is 1. The summed E-state index contributed by atoms with van der Waals surface area (Å²) in [5.74, 6) is 0.953. The predicted molar refractivity (Wildman–Crippen MR) is 100 cm³/mol. The SMILES string of the molecule is Cl.O=C(c1ccc(-n2cccc2)nc1)N1CCC2(CCNCC2)CC1. The van der Waals surface area contributed by atoms with Gasteiger partial charge in [-0.05, 0) is 68.5 Å². The van der Waals surface area contributed by atoms with Gasteiger partial charge < -0.3 is 14.8 Å². The molecule has 5 nitrogen and oxygen atoms in total. The van der Waals surface area contributed by atoms with E-state index >= 15 is 0 Å². The Morgan fingerprint density at radius 3 is 2.32 bits per heavy atom. The zero-order valence-corrected chi connectivity index (χ0v) is 15.2. The van der Waals surface area contributed by atoms with Crippen molar-refractivity contribution in [1.82, 2.24) is 19.8 Å². The van der Waals surface area contributed by atoms with Crippen LogP contribution in [0, 0.1) is 5.41 Å². The molecule has 0 bridgehead atoms. The van der Waals surface area contributed by atoms with E-state index in [0.717, 1.165) is 44.8 Å². The number of pyridine rings is 1. The van der Waals surface area contributed by atoms with Gasteiger partial charge in [0, 0.05) is 31.7 Å². The highest BCUT2D eigenvalue weighted by atomic mass is 35.5. The number of halogens is 1. The molecule has 1 amide bonds. The zero-order chi connectivity index (χ0) is 16.4. The average molecular weight is 361 g/mol. The van der Waals surface area contributed by atoms with Crippen molar-refractivity contribution in [3.8, 4) is 5.82 Å². The lowest BCUT2D eigenvalue weighted by atomic mass is 9.71. The van der Waals surface area contributed by atoms with E-state index in [1.54, 1.807) is 6.20 Å². The smallest absolute Gasteiger partial charge is 0.255 e. The molecule has 0 aliphatic carbocycles. The number of amides is 1. The fourth-order valence-electron chi connectivity index (χ4n) is 3.98. The van der Waals surface area contributed by atoms with Crippen LogP contribution in [0.1, 0.15) is 36.0 Å². The van der Waals surface area contributed by atoms with Crippen LogP contribution in [0.15, 0.2) is 42.9 Å². The van der Waals surface area contributed by atoms with Crippen LogP contribution < -0.4 is 5.32 Å². The summed E-state index contributed by atoms with van der Waals surface area (Å²) in [5.41, 5.74) is 1.16. The third kappa shape index (κ3) is 3.72. The van der Waals surface area contributed by atoms with E-state index in [9.17, 15) is 4.79 Å². The van der Waals surface area contributed by atoms with Gasteiger partial charge in [0.25, 0.3) is 5.91 Å². The summed E-state index contributed by atoms with van der Waals surface area (Å²) in [5, 5.41) is 3.44. The molecule has 0 unspecified atom stereocenters. The fourth-order valence-corrected chi connectivity index (χ4v) is 3.98. The first-order chi connectivity index (χ1) is 11.8. The van der Waals surface area contributed by atoms with Crippen molar-refractivity contribution in [2.24, 2.45) is 5.41 Å². The minimum absolute atomic E-state index is 0. The van der Waals surface area contributed by atoms with Gasteiger partial charge in [-0.25, -0.2) is 4.98 Å². The number of aromatic nitrogens is 2. The third-order valence-corrected chi connectivity index (χ3v) is 5.64. The van der Waals surface area contributed by atoms with Gasteiger partial charge in [0.05, 0.1) is 5.56 Å². The number of carbonyl (C=O) groups is 1. The minimum atomic E-state index is 0. The molecule has 2 aromatic rings. The van der Waals surface area contributed by atoms with Crippen molar-refractivity contribution in [2.45, 2.75) is 25.7 Å². The minimum Gasteiger partial charge on any atom is -0.339 e. The highest BCUT2D eigenvalue weighted by molar-refractivity contribution is 5.94. The highest BCUT2D eigenvalue weighted by Gasteiger charge is 2.36. The Hall–Kier alpha value is -1.85. The largest absolute Gasteiger partial charge is 0.339 e. The number of hydrogen-bond acceptors (Lipinski definition) is 3. The Kier molecular flexibility index (Phi) is 5.45. The Balaban J connectivity index is 0.00000182. The first-order valence-corrected chi connectivity index (χ1v) is 8.85. The van der Waals surface area contributed by atoms with E-state index < -0.39 is 0 Å². The first-order valence-electron chi connectivity index (χ1n) is 8.85. The quantitative estimate of drug-likeness (QED) is 0.895. The molecule has 0 saturated carbocycles. The molecule has 2 aliphatic rings. The lowest BCUT2D eigenvalue weighted by Crippen LogP contribution is -2.47. The van der Waals surface area contributed by atoms with Crippen LogP contribution in [0.4, 0.5) is 0 Å². The van der Waals surface area contributed by atoms with Gasteiger partial charge in [-0.15, -0.1) is 12.4 Å². The highest BCUT2D eigenvalue weighted by Crippen LogP contribution is 2.39. The monoisotopic (exact) mass is 360 g/mol. The molecule has 25 heavy (non-hydrogen) atoms. The van der Waals surface area contributed by atoms with Crippen molar-refractivity contribution in [1.29, 1.82) is 0 Å². The molecule has 2 fully saturated rings. The molecule has 134 valence electrons. The van der Waals surface area contributed by atoms with Crippen molar-refractivity contribution in [3.63, 3.8) is 0 Å². The summed E-state index contributed by atoms with van der Waals surface area (Å²) in [6.07, 6.45) is 10.4. The molecule has 2 aliphatic heterocycles. The topological polar surface area (TPSA) is 50.2 Å². The second-order valence-corrected chi connectivity index (χ2v) is 7.04. The van der Waals surface area contributed by atoms with Crippen LogP contribution in [0.5, 0.6) is 0 Å². The summed E-state index contributed by atoms with van der Waals surface area (Å²) in [4.78, 5) is 19.2. The Morgan fingerprint density at radius 2 is 1.72 bits per heavy atom. The van der Waals surface area contributed by atoms with Gasteiger partial charge in [-0.2, -0.15) is 0 Å². The van der Waals surface area contributed by atoms with Gasteiger partial charge in [0.2, 0.25) is 0 Å². The Labute approximate surface area is 154 Å². The summed E-state index contributed by atoms with van der Waals surface area (Å²) in [7, 11) is 0. The van der Waals surface area contributed by atoms with Gasteiger partial charge in [-0.1, -0.05) is 0 Å². The van der Waals surface area contributed by atoms with Crippen LogP contribution in [-0.2, 0) is 0 Å². The van der Waals surface area contributed by atoms with Crippen molar-refractivity contribution in [2.75, 3.05) is 26.2 Å². The van der Waals surface area contributed by atoms with E-state index in [0.29, 0.717) is 11.0 Å². The number of hydrogen-bond donors (Lipinski definition) is 1. The third-order valence-electron chi connectivity index (χ3n) is 5.64. The number of nitrogens with zero attached hydrogens (tertiary/aromatic N) is 3. The maximum absolute atomic E-state index is 12.7. The van der Waals surface area contributed by atoms with Gasteiger partial charge >= 0.3 is 0 Å². The van der Waals surface area contributed by atoms with E-state index in [2.05, 4.69) is 10.3 Å². The van der Waals surface area contributed by atoms with Gasteiger partial charge in [-0.3, -0.25) is 4.79 Å². The van der Waals surface area contributed by atoms with E-state index in [1.807, 2.05) is 46.1 Å². The van der Waals surface area contributed by atoms with Crippen LogP contribution in [0.2, 0.25) is 0 Å². The summed E-state index contributed by atoms with van der Waals surface area (Å²) < 4.78 is 1.94. The molecule has 0 radical (unpaired) electrons. The number of likely N-dealkylation sites (tertiary alicyclic amines) is 1. The number of piperidine rings is 2. The molecule has 6 heteroatoms. The molecule has 1 spiro atoms. The second kappa shape index (κ2) is 7.58. The molecular weight excluding hydrogens is 336 g/mol. The summed E-state index contributed by atoms with van der Waals surface area (Å²) in [6, 6.07) is 7.72. The molecule has 2 saturated heterocycles. The molecule has 4 rings (SSSR count). The van der Waals surface area contributed by atoms with Crippen LogP contribution in [0.3, 0.4) is 0 Å². The maximum Gasteiger partial charge on any atom is 0.255 e. The Morgan fingerprint density at radius 1 is 1.04 bits per heavy atom. The van der Waals surface area contributed by atoms with Gasteiger partial charge in [0.1, 0.15) is 5.82 Å². The molecule has 0 aromatic carbocycles. The van der Waals surface area contributed by atoms with E-state index in [4.69, 9.17) is 0 Å². The number of rotatable bonds is 2. The van der Waals surface area contributed by atoms with Crippen molar-refractivity contribution in [3.05, 3.63) is 48.4 Å². The van der Waals surface area contributed by atoms with E-state index in [-0.39, 0.29) is 18.3 Å². The summed E-state index contributed by atoms with van der Waals surface area (Å²) >= 11 is 0. The predicted octanol–water partition coefficient (Wildman–Crippen LogP) is 2.90. The van der Waals surface area contributed by atoms with Crippen LogP contribution >= 0.6 is 12.4 Å². The molecule has 0 atom stereocenters. The van der Waals surface area contributed by atoms with Crippen molar-refractivity contribution >= 4 is 18.3 Å². The lowest BCUT2D eigenvalue weighted by molar-refractivity contribution is 0.0495. The summed E-state index contributed by atoms with van der Waals surface area (Å²) in [6.45, 7) is 3.99. The standard InChI is InChI=1S/C19H24N4O.ClH/c24-18(16-3-4-17(21-15-16)22-11-1-2-12-22)23-13-7-19(8-14-23)5-9-20-10-6-19;/h1-4,11-12,15,20H,5-10,13-14H2;1H. The molecular formula is C19H25ClN4O. The first kappa shape index (κ1) is 18.0. The van der Waals surface area contributed by atoms with Crippen LogP contribution in [0.25, 0.3) is 5.82 Å². The molecule has 4 heterocycles. The lowest BCUT2D eigenvalue weighted by Gasteiger charge is -2.44. The van der Waals surface area contributed by atoms with Crippen molar-refractivity contribution < 1.29 is 4.79 Å². The maximum atomic E-state index is 12.7. The fraction of sp³-hybridized carbons (Fsp3) is 0.474. The number of carbonyl (C=O) groups excluding carboxylic acids is 1. The molecule has 1 N–H and O–H groups in total. The van der Waals surface area contributed by atoms with Gasteiger partial charge in [0.15, 0.2) is 0 Å².